The minimum Gasteiger partial charge on any atom is -0.457 e. The molecule has 2 aliphatic rings. The van der Waals surface area contributed by atoms with Crippen LogP contribution in [0.3, 0.4) is 0 Å². The summed E-state index contributed by atoms with van der Waals surface area (Å²) in [6.07, 6.45) is -4.29. The van der Waals surface area contributed by atoms with E-state index in [0.29, 0.717) is 13.0 Å². The fourth-order valence-corrected chi connectivity index (χ4v) is 6.86. The van der Waals surface area contributed by atoms with Crippen LogP contribution >= 0.6 is 0 Å². The molecule has 2 rings (SSSR count). The first-order chi connectivity index (χ1) is 20.8. The molecule has 13 atom stereocenters. The van der Waals surface area contributed by atoms with Gasteiger partial charge in [0.25, 0.3) is 6.47 Å². The van der Waals surface area contributed by atoms with Crippen molar-refractivity contribution in [1.29, 1.82) is 0 Å². The first-order valence-electron chi connectivity index (χ1n) is 15.9. The molecule has 0 aromatic heterocycles. The second-order valence-corrected chi connectivity index (χ2v) is 13.4. The van der Waals surface area contributed by atoms with E-state index in [0.717, 1.165) is 0 Å². The van der Waals surface area contributed by atoms with E-state index < -0.39 is 82.7 Å². The van der Waals surface area contributed by atoms with Gasteiger partial charge in [0.1, 0.15) is 23.9 Å². The van der Waals surface area contributed by atoms with Crippen LogP contribution in [0.5, 0.6) is 0 Å². The van der Waals surface area contributed by atoms with Crippen molar-refractivity contribution in [1.82, 2.24) is 4.90 Å². The van der Waals surface area contributed by atoms with Gasteiger partial charge in [0.15, 0.2) is 23.4 Å². The molecule has 45 heavy (non-hydrogen) atoms. The van der Waals surface area contributed by atoms with Crippen LogP contribution in [0.1, 0.15) is 81.6 Å². The number of rotatable bonds is 8. The number of ether oxygens (including phenoxy) is 5. The third-order valence-corrected chi connectivity index (χ3v) is 10.3. The molecule has 0 saturated carbocycles. The predicted molar refractivity (Wildman–Crippen MR) is 163 cm³/mol. The highest BCUT2D eigenvalue weighted by Crippen LogP contribution is 2.40. The average Bonchev–Trinajstić information content (AvgIpc) is 3.00. The van der Waals surface area contributed by atoms with E-state index in [4.69, 9.17) is 29.4 Å². The van der Waals surface area contributed by atoms with Crippen LogP contribution in [-0.2, 0) is 42.9 Å². The van der Waals surface area contributed by atoms with Crippen molar-refractivity contribution in [3.05, 3.63) is 0 Å². The van der Waals surface area contributed by atoms with Crippen LogP contribution in [0.4, 0.5) is 0 Å². The Morgan fingerprint density at radius 2 is 1.69 bits per heavy atom. The number of hydrogen-bond donors (Lipinski definition) is 3. The molecule has 2 fully saturated rings. The van der Waals surface area contributed by atoms with Gasteiger partial charge in [0, 0.05) is 25.0 Å². The van der Waals surface area contributed by atoms with Crippen LogP contribution in [0.25, 0.3) is 0 Å². The summed E-state index contributed by atoms with van der Waals surface area (Å²) in [7, 11) is 3.31. The zero-order chi connectivity index (χ0) is 34.7. The number of esters is 1. The minimum absolute atomic E-state index is 0.00296. The van der Waals surface area contributed by atoms with Gasteiger partial charge in [-0.25, -0.2) is 0 Å². The Morgan fingerprint density at radius 1 is 1.09 bits per heavy atom. The smallest absolute Gasteiger partial charge is 0.316 e. The summed E-state index contributed by atoms with van der Waals surface area (Å²) in [5.74, 6) is -6.41. The van der Waals surface area contributed by atoms with Gasteiger partial charge in [-0.1, -0.05) is 34.6 Å². The SMILES string of the molecule is CC[C@H]1OC(=O)[C@H](C)C(=O)[C@H](C)[C@@H](O[C@@H]2O[C@H](C)C[C@H](N(C)CC)[C@H]2O)[C@](C)(OC)C[C@@H](C)C(=O)[C@H](C)[C@](N)(O)[C@]1(C)OC=O. The Labute approximate surface area is 267 Å². The molecule has 2 heterocycles. The predicted octanol–water partition coefficient (Wildman–Crippen LogP) is 1.58. The van der Waals surface area contributed by atoms with Crippen molar-refractivity contribution in [3.63, 3.8) is 0 Å². The van der Waals surface area contributed by atoms with E-state index in [1.165, 1.54) is 27.9 Å². The van der Waals surface area contributed by atoms with Crippen LogP contribution in [-0.4, -0.2) is 113 Å². The lowest BCUT2D eigenvalue weighted by Crippen LogP contribution is -2.71. The molecule has 0 spiro atoms. The van der Waals surface area contributed by atoms with E-state index in [1.54, 1.807) is 27.7 Å². The molecule has 260 valence electrons. The van der Waals surface area contributed by atoms with E-state index in [2.05, 4.69) is 0 Å². The van der Waals surface area contributed by atoms with Gasteiger partial charge in [0.2, 0.25) is 0 Å². The van der Waals surface area contributed by atoms with E-state index in [9.17, 15) is 29.4 Å². The molecule has 0 radical (unpaired) electrons. The minimum atomic E-state index is -2.49. The summed E-state index contributed by atoms with van der Waals surface area (Å²) in [4.78, 5) is 54.9. The van der Waals surface area contributed by atoms with Crippen molar-refractivity contribution in [3.8, 4) is 0 Å². The van der Waals surface area contributed by atoms with Crippen molar-refractivity contribution in [2.24, 2.45) is 29.4 Å². The summed E-state index contributed by atoms with van der Waals surface area (Å²) in [6, 6.07) is -0.284. The molecule has 0 aromatic carbocycles. The number of carbonyl (C=O) groups is 4. The number of ketones is 2. The van der Waals surface area contributed by atoms with E-state index >= 15 is 0 Å². The van der Waals surface area contributed by atoms with Gasteiger partial charge >= 0.3 is 5.97 Å². The van der Waals surface area contributed by atoms with Gasteiger partial charge < -0.3 is 38.8 Å². The molecule has 0 aromatic rings. The zero-order valence-corrected chi connectivity index (χ0v) is 28.8. The summed E-state index contributed by atoms with van der Waals surface area (Å²) >= 11 is 0. The number of likely N-dealkylation sites (N-methyl/N-ethyl adjacent to an activating group) is 1. The van der Waals surface area contributed by atoms with Crippen molar-refractivity contribution in [2.45, 2.75) is 135 Å². The molecule has 13 heteroatoms. The molecule has 2 aliphatic heterocycles. The van der Waals surface area contributed by atoms with Crippen LogP contribution in [0.15, 0.2) is 0 Å². The van der Waals surface area contributed by atoms with Crippen LogP contribution < -0.4 is 5.73 Å². The molecule has 0 unspecified atom stereocenters. The molecule has 0 bridgehead atoms. The Morgan fingerprint density at radius 3 is 2.20 bits per heavy atom. The highest BCUT2D eigenvalue weighted by molar-refractivity contribution is 6.00. The Bertz CT molecular complexity index is 1060. The van der Waals surface area contributed by atoms with Gasteiger partial charge in [0.05, 0.1) is 23.7 Å². The van der Waals surface area contributed by atoms with Crippen LogP contribution in [0.2, 0.25) is 0 Å². The number of Topliss-reactive ketones (excluding diaryl/α,β-unsaturated/α-hetero) is 2. The number of nitrogens with zero attached hydrogens (tertiary/aromatic N) is 1. The number of nitrogens with two attached hydrogens (primary N) is 1. The number of aliphatic hydroxyl groups excluding tert-OH is 1. The lowest BCUT2D eigenvalue weighted by Gasteiger charge is -2.49. The topological polar surface area (TPSA) is 184 Å². The maximum absolute atomic E-state index is 14.0. The molecule has 13 nitrogen and oxygen atoms in total. The lowest BCUT2D eigenvalue weighted by atomic mass is 9.71. The molecule has 0 aliphatic carbocycles. The van der Waals surface area contributed by atoms with Crippen molar-refractivity contribution >= 4 is 24.0 Å². The summed E-state index contributed by atoms with van der Waals surface area (Å²) in [5.41, 5.74) is 0.531. The quantitative estimate of drug-likeness (QED) is 0.150. The highest BCUT2D eigenvalue weighted by Gasteiger charge is 2.59. The Balaban J connectivity index is 2.70. The maximum atomic E-state index is 14.0. The first kappa shape index (κ1) is 39.2. The fourth-order valence-electron chi connectivity index (χ4n) is 6.86. The Kier molecular flexibility index (Phi) is 13.3. The number of methoxy groups -OCH3 is 1. The number of hydrogen-bond acceptors (Lipinski definition) is 13. The second-order valence-electron chi connectivity index (χ2n) is 13.4. The molecule has 0 amide bonds. The molecular weight excluding hydrogens is 588 g/mol. The Hall–Kier alpha value is -2.00. The first-order valence-corrected chi connectivity index (χ1v) is 15.9. The standard InChI is InChI=1S/C32H56N2O11/c1-12-23-31(9,42-16-35)32(33,40)21(7)24(36)17(3)15-30(8,41-11)27(19(5)25(37)20(6)28(39)44-23)45-29-26(38)22(34(10)13-2)14-18(4)43-29/h16-23,26-27,29,38,40H,12-15,33H2,1-11H3/t17-,18-,19+,20-,21+,22+,23-,26-,27-,29+,30-,31-,32+/m1/s1. The van der Waals surface area contributed by atoms with Crippen molar-refractivity contribution in [2.75, 3.05) is 20.7 Å². The largest absolute Gasteiger partial charge is 0.457 e. The van der Waals surface area contributed by atoms with Gasteiger partial charge in [-0.3, -0.25) is 24.9 Å². The van der Waals surface area contributed by atoms with Crippen molar-refractivity contribution < 1.29 is 53.1 Å². The fraction of sp³-hybridized carbons (Fsp3) is 0.875. The third-order valence-electron chi connectivity index (χ3n) is 10.3. The monoisotopic (exact) mass is 644 g/mol. The van der Waals surface area contributed by atoms with E-state index in [1.807, 2.05) is 25.8 Å². The molecule has 2 saturated heterocycles. The summed E-state index contributed by atoms with van der Waals surface area (Å²) in [6.45, 7) is 15.2. The number of cyclic esters (lactones) is 1. The summed E-state index contributed by atoms with van der Waals surface area (Å²) in [5, 5.41) is 23.0. The highest BCUT2D eigenvalue weighted by atomic mass is 16.7. The zero-order valence-electron chi connectivity index (χ0n) is 28.8. The average molecular weight is 645 g/mol. The van der Waals surface area contributed by atoms with Gasteiger partial charge in [-0.05, 0) is 60.5 Å². The van der Waals surface area contributed by atoms with E-state index in [-0.39, 0.29) is 31.5 Å². The lowest BCUT2D eigenvalue weighted by molar-refractivity contribution is -0.296. The third kappa shape index (κ3) is 7.77. The molecule has 4 N–H and O–H groups in total. The summed E-state index contributed by atoms with van der Waals surface area (Å²) < 4.78 is 29.5. The molecular formula is C32H56N2O11. The van der Waals surface area contributed by atoms with Gasteiger partial charge in [-0.15, -0.1) is 0 Å². The maximum Gasteiger partial charge on any atom is 0.316 e. The normalized spacial score (nSPS) is 44.3. The second kappa shape index (κ2) is 15.3. The van der Waals surface area contributed by atoms with Crippen LogP contribution in [0, 0.1) is 23.7 Å². The van der Waals surface area contributed by atoms with Gasteiger partial charge in [-0.2, -0.15) is 0 Å². The number of aliphatic hydroxyl groups is 2. The number of carbonyl (C=O) groups excluding carboxylic acids is 4.